The van der Waals surface area contributed by atoms with Crippen LogP contribution in [0.4, 0.5) is 0 Å². The van der Waals surface area contributed by atoms with E-state index in [0.717, 1.165) is 0 Å². The Hall–Kier alpha value is -1.34. The average molecular weight is 381 g/mol. The van der Waals surface area contributed by atoms with E-state index in [1.165, 1.54) is 49.0 Å². The van der Waals surface area contributed by atoms with Crippen LogP contribution in [-0.2, 0) is 10.8 Å². The van der Waals surface area contributed by atoms with E-state index >= 15 is 0 Å². The van der Waals surface area contributed by atoms with Crippen molar-refractivity contribution in [3.8, 4) is 0 Å². The van der Waals surface area contributed by atoms with E-state index in [9.17, 15) is 0 Å². The van der Waals surface area contributed by atoms with Gasteiger partial charge in [0.25, 0.3) is 0 Å². The molecule has 0 aliphatic heterocycles. The SMILES string of the molecule is CCCCCC(/C=C/c1cccs1)c1ccc2c(c1)C(C)(C)CCC2(C)C. The molecule has 0 amide bonds. The lowest BCUT2D eigenvalue weighted by Gasteiger charge is -2.42. The van der Waals surface area contributed by atoms with Crippen LogP contribution in [-0.4, -0.2) is 0 Å². The molecule has 27 heavy (non-hydrogen) atoms. The summed E-state index contributed by atoms with van der Waals surface area (Å²) in [6.45, 7) is 12.0. The summed E-state index contributed by atoms with van der Waals surface area (Å²) < 4.78 is 0. The molecule has 0 N–H and O–H groups in total. The molecule has 0 saturated carbocycles. The smallest absolute Gasteiger partial charge is 0.0267 e. The van der Waals surface area contributed by atoms with Crippen LogP contribution >= 0.6 is 11.3 Å². The van der Waals surface area contributed by atoms with Gasteiger partial charge in [0.05, 0.1) is 0 Å². The van der Waals surface area contributed by atoms with Gasteiger partial charge in [-0.15, -0.1) is 11.3 Å². The first-order valence-electron chi connectivity index (χ1n) is 10.7. The fraction of sp³-hybridized carbons (Fsp3) is 0.538. The molecule has 1 heterocycles. The third-order valence-electron chi connectivity index (χ3n) is 6.46. The summed E-state index contributed by atoms with van der Waals surface area (Å²) in [5.41, 5.74) is 5.24. The molecule has 1 aromatic heterocycles. The number of thiophene rings is 1. The second-order valence-corrected chi connectivity index (χ2v) is 10.5. The summed E-state index contributed by atoms with van der Waals surface area (Å²) in [5, 5.41) is 2.16. The van der Waals surface area contributed by atoms with Crippen molar-refractivity contribution < 1.29 is 0 Å². The quantitative estimate of drug-likeness (QED) is 0.422. The highest BCUT2D eigenvalue weighted by atomic mass is 32.1. The van der Waals surface area contributed by atoms with Gasteiger partial charge in [-0.1, -0.05) is 84.2 Å². The number of fused-ring (bicyclic) bond motifs is 1. The molecular weight excluding hydrogens is 344 g/mol. The first kappa shape index (κ1) is 20.4. The van der Waals surface area contributed by atoms with Crippen LogP contribution in [0.5, 0.6) is 0 Å². The molecule has 0 saturated heterocycles. The van der Waals surface area contributed by atoms with Crippen LogP contribution in [0.1, 0.15) is 101 Å². The van der Waals surface area contributed by atoms with Crippen LogP contribution in [0, 0.1) is 0 Å². The maximum absolute atomic E-state index is 2.55. The van der Waals surface area contributed by atoms with Gasteiger partial charge in [0.2, 0.25) is 0 Å². The maximum Gasteiger partial charge on any atom is 0.0267 e. The summed E-state index contributed by atoms with van der Waals surface area (Å²) in [4.78, 5) is 1.36. The van der Waals surface area contributed by atoms with E-state index < -0.39 is 0 Å². The molecule has 0 radical (unpaired) electrons. The number of hydrogen-bond donors (Lipinski definition) is 0. The van der Waals surface area contributed by atoms with Gasteiger partial charge in [-0.25, -0.2) is 0 Å². The van der Waals surface area contributed by atoms with Gasteiger partial charge >= 0.3 is 0 Å². The second kappa shape index (κ2) is 8.35. The van der Waals surface area contributed by atoms with Crippen molar-refractivity contribution in [2.24, 2.45) is 0 Å². The zero-order chi connectivity index (χ0) is 19.5. The highest BCUT2D eigenvalue weighted by Gasteiger charge is 2.37. The molecule has 2 aromatic rings. The number of benzene rings is 1. The number of hydrogen-bond acceptors (Lipinski definition) is 1. The fourth-order valence-corrected chi connectivity index (χ4v) is 5.05. The Morgan fingerprint density at radius 3 is 2.41 bits per heavy atom. The summed E-state index contributed by atoms with van der Waals surface area (Å²) in [6, 6.07) is 11.8. The number of rotatable bonds is 7. The molecule has 1 aliphatic rings. The van der Waals surface area contributed by atoms with E-state index in [0.29, 0.717) is 11.3 Å². The van der Waals surface area contributed by atoms with Gasteiger partial charge in [-0.2, -0.15) is 0 Å². The largest absolute Gasteiger partial charge is 0.144 e. The summed E-state index contributed by atoms with van der Waals surface area (Å²) in [6.07, 6.45) is 12.5. The minimum Gasteiger partial charge on any atom is -0.144 e. The third kappa shape index (κ3) is 4.74. The molecule has 1 atom stereocenters. The summed E-state index contributed by atoms with van der Waals surface area (Å²) in [5.74, 6) is 0.518. The Labute approximate surface area is 170 Å². The van der Waals surface area contributed by atoms with Crippen molar-refractivity contribution in [2.75, 3.05) is 0 Å². The average Bonchev–Trinajstić information content (AvgIpc) is 3.15. The topological polar surface area (TPSA) is 0 Å². The van der Waals surface area contributed by atoms with E-state index in [-0.39, 0.29) is 5.41 Å². The lowest BCUT2D eigenvalue weighted by atomic mass is 9.62. The molecule has 1 unspecified atom stereocenters. The van der Waals surface area contributed by atoms with Crippen molar-refractivity contribution in [1.29, 1.82) is 0 Å². The van der Waals surface area contributed by atoms with E-state index in [1.54, 1.807) is 11.1 Å². The van der Waals surface area contributed by atoms with Crippen molar-refractivity contribution in [1.82, 2.24) is 0 Å². The normalized spacial score (nSPS) is 19.1. The Kier molecular flexibility index (Phi) is 6.31. The van der Waals surface area contributed by atoms with Crippen LogP contribution in [0.3, 0.4) is 0 Å². The van der Waals surface area contributed by atoms with Crippen molar-refractivity contribution >= 4 is 17.4 Å². The lowest BCUT2D eigenvalue weighted by Crippen LogP contribution is -2.34. The highest BCUT2D eigenvalue weighted by molar-refractivity contribution is 7.10. The van der Waals surface area contributed by atoms with E-state index in [2.05, 4.69) is 82.5 Å². The number of unbranched alkanes of at least 4 members (excludes halogenated alkanes) is 2. The number of allylic oxidation sites excluding steroid dienone is 1. The van der Waals surface area contributed by atoms with Gasteiger partial charge in [0.15, 0.2) is 0 Å². The van der Waals surface area contributed by atoms with E-state index in [4.69, 9.17) is 0 Å². The molecule has 1 aliphatic carbocycles. The summed E-state index contributed by atoms with van der Waals surface area (Å²) in [7, 11) is 0. The lowest BCUT2D eigenvalue weighted by molar-refractivity contribution is 0.331. The Bertz CT molecular complexity index is 762. The van der Waals surface area contributed by atoms with Crippen LogP contribution < -0.4 is 0 Å². The van der Waals surface area contributed by atoms with Gasteiger partial charge in [0, 0.05) is 10.8 Å². The highest BCUT2D eigenvalue weighted by Crippen LogP contribution is 2.46. The standard InChI is InChI=1S/C26H36S/c1-6-7-8-10-20(12-14-22-11-9-18-27-22)21-13-15-23-24(19-21)26(4,5)17-16-25(23,2)3/h9,11-15,18-20H,6-8,10,16-17H2,1-5H3/b14-12+. The monoisotopic (exact) mass is 380 g/mol. The Morgan fingerprint density at radius 2 is 1.74 bits per heavy atom. The predicted molar refractivity (Wildman–Crippen MR) is 122 cm³/mol. The first-order chi connectivity index (χ1) is 12.8. The zero-order valence-electron chi connectivity index (χ0n) is 17.8. The second-order valence-electron chi connectivity index (χ2n) is 9.55. The first-order valence-corrected chi connectivity index (χ1v) is 11.6. The van der Waals surface area contributed by atoms with E-state index in [1.807, 2.05) is 11.3 Å². The molecule has 1 heteroatoms. The Balaban J connectivity index is 1.94. The van der Waals surface area contributed by atoms with Crippen molar-refractivity contribution in [2.45, 2.75) is 89.9 Å². The van der Waals surface area contributed by atoms with Crippen LogP contribution in [0.2, 0.25) is 0 Å². The molecule has 0 spiro atoms. The molecule has 3 rings (SSSR count). The molecular formula is C26H36S. The fourth-order valence-electron chi connectivity index (χ4n) is 4.42. The van der Waals surface area contributed by atoms with Gasteiger partial charge < -0.3 is 0 Å². The van der Waals surface area contributed by atoms with Crippen LogP contribution in [0.25, 0.3) is 6.08 Å². The minimum atomic E-state index is 0.284. The summed E-state index contributed by atoms with van der Waals surface area (Å²) >= 11 is 1.82. The van der Waals surface area contributed by atoms with Crippen LogP contribution in [0.15, 0.2) is 41.8 Å². The van der Waals surface area contributed by atoms with Gasteiger partial charge in [-0.3, -0.25) is 0 Å². The predicted octanol–water partition coefficient (Wildman–Crippen LogP) is 8.47. The third-order valence-corrected chi connectivity index (χ3v) is 7.30. The van der Waals surface area contributed by atoms with Gasteiger partial charge in [-0.05, 0) is 64.3 Å². The van der Waals surface area contributed by atoms with Gasteiger partial charge in [0.1, 0.15) is 0 Å². The maximum atomic E-state index is 2.55. The molecule has 0 nitrogen and oxygen atoms in total. The van der Waals surface area contributed by atoms with Crippen molar-refractivity contribution in [3.63, 3.8) is 0 Å². The Morgan fingerprint density at radius 1 is 1.00 bits per heavy atom. The molecule has 146 valence electrons. The van der Waals surface area contributed by atoms with Crippen molar-refractivity contribution in [3.05, 3.63) is 63.4 Å². The minimum absolute atomic E-state index is 0.284. The molecule has 0 bridgehead atoms. The molecule has 0 fully saturated rings. The molecule has 1 aromatic carbocycles. The zero-order valence-corrected chi connectivity index (χ0v) is 18.7.